The van der Waals surface area contributed by atoms with Crippen LogP contribution >= 0.6 is 0 Å². The second-order valence-electron chi connectivity index (χ2n) is 8.79. The van der Waals surface area contributed by atoms with E-state index in [1.165, 1.54) is 26.4 Å². The van der Waals surface area contributed by atoms with Crippen molar-refractivity contribution in [2.45, 2.75) is 65.7 Å². The third-order valence-corrected chi connectivity index (χ3v) is 7.23. The summed E-state index contributed by atoms with van der Waals surface area (Å²) < 4.78 is 4.85. The lowest BCUT2D eigenvalue weighted by Gasteiger charge is -2.59. The van der Waals surface area contributed by atoms with E-state index in [1.807, 2.05) is 0 Å². The molecule has 4 atom stereocenters. The van der Waals surface area contributed by atoms with Crippen molar-refractivity contribution in [2.24, 2.45) is 28.6 Å². The molecule has 2 saturated carbocycles. The Morgan fingerprint density at radius 2 is 1.91 bits per heavy atom. The minimum Gasteiger partial charge on any atom is -0.466 e. The van der Waals surface area contributed by atoms with Gasteiger partial charge in [-0.15, -0.1) is 0 Å². The van der Waals surface area contributed by atoms with Crippen molar-refractivity contribution in [1.29, 1.82) is 0 Å². The minimum absolute atomic E-state index is 0.104. The summed E-state index contributed by atoms with van der Waals surface area (Å²) in [7, 11) is 1.40. The summed E-state index contributed by atoms with van der Waals surface area (Å²) in [5.41, 5.74) is 1.17. The van der Waals surface area contributed by atoms with Gasteiger partial charge in [-0.05, 0) is 67.3 Å². The zero-order valence-electron chi connectivity index (χ0n) is 15.0. The number of fused-ring (bicyclic) bond motifs is 3. The molecule has 3 nitrogen and oxygen atoms in total. The van der Waals surface area contributed by atoms with Crippen molar-refractivity contribution in [2.75, 3.05) is 7.11 Å². The fourth-order valence-corrected chi connectivity index (χ4v) is 6.16. The highest BCUT2D eigenvalue weighted by molar-refractivity contribution is 6.01. The molecule has 0 aliphatic heterocycles. The van der Waals surface area contributed by atoms with Crippen LogP contribution in [0.5, 0.6) is 0 Å². The number of ketones is 1. The predicted molar refractivity (Wildman–Crippen MR) is 89.8 cm³/mol. The fourth-order valence-electron chi connectivity index (χ4n) is 6.16. The molecule has 0 amide bonds. The molecule has 3 aliphatic rings. The molecule has 3 heteroatoms. The number of methoxy groups -OCH3 is 1. The molecule has 0 aromatic carbocycles. The first-order valence-electron chi connectivity index (χ1n) is 9.12. The van der Waals surface area contributed by atoms with Gasteiger partial charge in [0.1, 0.15) is 0 Å². The van der Waals surface area contributed by atoms with Crippen molar-refractivity contribution in [3.8, 4) is 0 Å². The van der Waals surface area contributed by atoms with Crippen LogP contribution in [0.4, 0.5) is 0 Å². The smallest absolute Gasteiger partial charge is 0.333 e. The number of esters is 1. The zero-order valence-corrected chi connectivity index (χ0v) is 15.0. The van der Waals surface area contributed by atoms with Crippen LogP contribution in [-0.4, -0.2) is 18.9 Å². The van der Waals surface area contributed by atoms with Gasteiger partial charge in [0.05, 0.1) is 7.11 Å². The highest BCUT2D eigenvalue weighted by atomic mass is 16.5. The average Bonchev–Trinajstić information content (AvgIpc) is 2.66. The van der Waals surface area contributed by atoms with Crippen molar-refractivity contribution in [3.05, 3.63) is 11.6 Å². The standard InChI is InChI=1S/C20H30O3/c1-19(2)10-5-11-20(3)15-8-6-13(18(22)23-4)12-16(21)14(15)7-9-17(19)20/h12,14-15,17H,5-11H2,1-4H3/t14-,15?,17?,20?/m1/s1. The van der Waals surface area contributed by atoms with E-state index in [-0.39, 0.29) is 23.1 Å². The van der Waals surface area contributed by atoms with Gasteiger partial charge >= 0.3 is 5.97 Å². The molecule has 3 unspecified atom stereocenters. The Bertz CT molecular complexity index is 545. The maximum absolute atomic E-state index is 12.8. The molecule has 23 heavy (non-hydrogen) atoms. The van der Waals surface area contributed by atoms with Crippen molar-refractivity contribution in [3.63, 3.8) is 0 Å². The Kier molecular flexibility index (Phi) is 4.18. The third kappa shape index (κ3) is 2.66. The lowest BCUT2D eigenvalue weighted by molar-refractivity contribution is -0.136. The summed E-state index contributed by atoms with van der Waals surface area (Å²) in [4.78, 5) is 24.7. The fraction of sp³-hybridized carbons (Fsp3) is 0.800. The molecule has 0 aromatic rings. The van der Waals surface area contributed by atoms with Crippen LogP contribution < -0.4 is 0 Å². The minimum atomic E-state index is -0.331. The number of allylic oxidation sites excluding steroid dienone is 1. The van der Waals surface area contributed by atoms with Gasteiger partial charge in [0, 0.05) is 11.5 Å². The van der Waals surface area contributed by atoms with E-state index in [0.717, 1.165) is 19.3 Å². The average molecular weight is 318 g/mol. The normalized spacial score (nSPS) is 39.6. The topological polar surface area (TPSA) is 43.4 Å². The molecule has 0 saturated heterocycles. The Hall–Kier alpha value is -1.12. The summed E-state index contributed by atoms with van der Waals surface area (Å²) in [5, 5.41) is 0. The van der Waals surface area contributed by atoms with Gasteiger partial charge in [-0.2, -0.15) is 0 Å². The van der Waals surface area contributed by atoms with Gasteiger partial charge in [-0.1, -0.05) is 27.2 Å². The van der Waals surface area contributed by atoms with E-state index in [2.05, 4.69) is 20.8 Å². The van der Waals surface area contributed by atoms with E-state index in [9.17, 15) is 9.59 Å². The molecule has 0 N–H and O–H groups in total. The van der Waals surface area contributed by atoms with Crippen LogP contribution in [0.2, 0.25) is 0 Å². The van der Waals surface area contributed by atoms with Crippen molar-refractivity contribution >= 4 is 11.8 Å². The first kappa shape index (κ1) is 16.7. The van der Waals surface area contributed by atoms with E-state index in [1.54, 1.807) is 6.08 Å². The van der Waals surface area contributed by atoms with Crippen LogP contribution in [0.25, 0.3) is 0 Å². The SMILES string of the molecule is COC(=O)C1=CC(=O)[C@@H]2CCC3C(C)(C)CCCC3(C)C2CC1. The van der Waals surface area contributed by atoms with Crippen LogP contribution in [-0.2, 0) is 14.3 Å². The monoisotopic (exact) mass is 318 g/mol. The lowest BCUT2D eigenvalue weighted by Crippen LogP contribution is -2.52. The van der Waals surface area contributed by atoms with Crippen molar-refractivity contribution in [1.82, 2.24) is 0 Å². The summed E-state index contributed by atoms with van der Waals surface area (Å²) in [6.45, 7) is 7.24. The first-order chi connectivity index (χ1) is 10.8. The molecule has 2 fully saturated rings. The van der Waals surface area contributed by atoms with Crippen LogP contribution in [0.3, 0.4) is 0 Å². The second kappa shape index (κ2) is 5.75. The largest absolute Gasteiger partial charge is 0.466 e. The second-order valence-corrected chi connectivity index (χ2v) is 8.79. The zero-order chi connectivity index (χ0) is 16.8. The van der Waals surface area contributed by atoms with E-state index < -0.39 is 0 Å². The number of carbonyl (C=O) groups excluding carboxylic acids is 2. The van der Waals surface area contributed by atoms with Gasteiger partial charge < -0.3 is 4.74 Å². The Labute approximate surface area is 139 Å². The summed E-state index contributed by atoms with van der Waals surface area (Å²) in [6.07, 6.45) is 9.13. The molecule has 0 spiro atoms. The van der Waals surface area contributed by atoms with Crippen LogP contribution in [0, 0.1) is 28.6 Å². The highest BCUT2D eigenvalue weighted by Gasteiger charge is 2.55. The molecule has 3 rings (SSSR count). The summed E-state index contributed by atoms with van der Waals surface area (Å²) >= 11 is 0. The molecular weight excluding hydrogens is 288 g/mol. The number of ether oxygens (including phenoxy) is 1. The van der Waals surface area contributed by atoms with Crippen LogP contribution in [0.1, 0.15) is 65.7 Å². The quantitative estimate of drug-likeness (QED) is 0.677. The molecule has 0 radical (unpaired) electrons. The maximum Gasteiger partial charge on any atom is 0.333 e. The predicted octanol–water partition coefficient (Wildman–Crippen LogP) is 4.31. The number of carbonyl (C=O) groups is 2. The van der Waals surface area contributed by atoms with E-state index in [0.29, 0.717) is 29.2 Å². The Balaban J connectivity index is 1.92. The maximum atomic E-state index is 12.8. The molecule has 0 heterocycles. The van der Waals surface area contributed by atoms with Gasteiger partial charge in [0.2, 0.25) is 0 Å². The molecule has 128 valence electrons. The molecular formula is C20H30O3. The molecule has 0 bridgehead atoms. The summed E-state index contributed by atoms with van der Waals surface area (Å²) in [6, 6.07) is 0. The Morgan fingerprint density at radius 3 is 2.61 bits per heavy atom. The highest BCUT2D eigenvalue weighted by Crippen LogP contribution is 2.62. The number of rotatable bonds is 1. The summed E-state index contributed by atoms with van der Waals surface area (Å²) in [5.74, 6) is 1.04. The van der Waals surface area contributed by atoms with E-state index in [4.69, 9.17) is 4.74 Å². The van der Waals surface area contributed by atoms with Crippen LogP contribution in [0.15, 0.2) is 11.6 Å². The lowest BCUT2D eigenvalue weighted by atomic mass is 9.46. The first-order valence-corrected chi connectivity index (χ1v) is 9.12. The van der Waals surface area contributed by atoms with Gasteiger partial charge in [-0.25, -0.2) is 4.79 Å². The van der Waals surface area contributed by atoms with Gasteiger partial charge in [0.25, 0.3) is 0 Å². The molecule has 3 aliphatic carbocycles. The van der Waals surface area contributed by atoms with E-state index >= 15 is 0 Å². The number of hydrogen-bond donors (Lipinski definition) is 0. The third-order valence-electron chi connectivity index (χ3n) is 7.23. The number of hydrogen-bond acceptors (Lipinski definition) is 3. The van der Waals surface area contributed by atoms with Gasteiger partial charge in [-0.3, -0.25) is 4.79 Å². The van der Waals surface area contributed by atoms with Gasteiger partial charge in [0.15, 0.2) is 5.78 Å². The molecule has 0 aromatic heterocycles. The Morgan fingerprint density at radius 1 is 1.17 bits per heavy atom. The van der Waals surface area contributed by atoms with Crippen molar-refractivity contribution < 1.29 is 14.3 Å².